The van der Waals surface area contributed by atoms with E-state index in [1.54, 1.807) is 0 Å². The van der Waals surface area contributed by atoms with E-state index in [1.807, 2.05) is 40.1 Å². The second-order valence-corrected chi connectivity index (χ2v) is 4.32. The average molecular weight is 246 g/mol. The minimum Gasteiger partial charge on any atom is -0.349 e. The molecule has 100 valence electrons. The molecule has 0 aromatic carbocycles. The monoisotopic (exact) mass is 246 g/mol. The fourth-order valence-electron chi connectivity index (χ4n) is 2.24. The molecule has 0 amide bonds. The Bertz CT molecular complexity index is 493. The molecule has 0 aliphatic heterocycles. The molecular formula is C16H26N2. The van der Waals surface area contributed by atoms with E-state index in [0.29, 0.717) is 0 Å². The first-order valence-electron chi connectivity index (χ1n) is 7.17. The molecule has 3 rings (SSSR count). The van der Waals surface area contributed by atoms with Crippen molar-refractivity contribution < 1.29 is 0 Å². The standard InChI is InChI=1S/C12H14N2.2C2H6/c1-8-5-13-6-11-12(8)10(7-14(11)2)9-3-4-9;2*1-2/h5-7,9H,3-4H2,1-2H3;2*1-2H3. The van der Waals surface area contributed by atoms with Crippen molar-refractivity contribution in [3.8, 4) is 0 Å². The zero-order valence-corrected chi connectivity index (χ0v) is 12.6. The molecule has 18 heavy (non-hydrogen) atoms. The van der Waals surface area contributed by atoms with E-state index in [0.717, 1.165) is 5.92 Å². The second kappa shape index (κ2) is 6.58. The highest BCUT2D eigenvalue weighted by molar-refractivity contribution is 5.87. The van der Waals surface area contributed by atoms with Crippen LogP contribution in [0.1, 0.15) is 57.6 Å². The van der Waals surface area contributed by atoms with Gasteiger partial charge in [0, 0.05) is 24.8 Å². The number of hydrogen-bond acceptors (Lipinski definition) is 1. The summed E-state index contributed by atoms with van der Waals surface area (Å²) in [6.45, 7) is 10.2. The number of hydrogen-bond donors (Lipinski definition) is 0. The summed E-state index contributed by atoms with van der Waals surface area (Å²) in [7, 11) is 2.11. The van der Waals surface area contributed by atoms with E-state index >= 15 is 0 Å². The second-order valence-electron chi connectivity index (χ2n) is 4.32. The number of aryl methyl sites for hydroxylation is 2. The lowest BCUT2D eigenvalue weighted by molar-refractivity contribution is 0.949. The fourth-order valence-corrected chi connectivity index (χ4v) is 2.24. The van der Waals surface area contributed by atoms with E-state index < -0.39 is 0 Å². The van der Waals surface area contributed by atoms with Gasteiger partial charge in [0.05, 0.1) is 11.7 Å². The van der Waals surface area contributed by atoms with E-state index in [2.05, 4.69) is 29.7 Å². The molecule has 2 aromatic rings. The summed E-state index contributed by atoms with van der Waals surface area (Å²) in [5, 5.41) is 1.44. The largest absolute Gasteiger partial charge is 0.349 e. The Hall–Kier alpha value is -1.31. The van der Waals surface area contributed by atoms with E-state index in [9.17, 15) is 0 Å². The number of nitrogens with zero attached hydrogens (tertiary/aromatic N) is 2. The van der Waals surface area contributed by atoms with Crippen molar-refractivity contribution in [2.75, 3.05) is 0 Å². The third-order valence-corrected chi connectivity index (χ3v) is 3.13. The van der Waals surface area contributed by atoms with Crippen LogP contribution in [0.3, 0.4) is 0 Å². The van der Waals surface area contributed by atoms with Crippen LogP contribution in [0.2, 0.25) is 0 Å². The van der Waals surface area contributed by atoms with Crippen molar-refractivity contribution in [1.82, 2.24) is 9.55 Å². The molecule has 0 radical (unpaired) electrons. The Kier molecular flexibility index (Phi) is 5.39. The summed E-state index contributed by atoms with van der Waals surface area (Å²) in [6.07, 6.45) is 8.93. The van der Waals surface area contributed by atoms with Gasteiger partial charge < -0.3 is 4.57 Å². The summed E-state index contributed by atoms with van der Waals surface area (Å²) in [6, 6.07) is 0. The van der Waals surface area contributed by atoms with Crippen molar-refractivity contribution in [1.29, 1.82) is 0 Å². The molecule has 2 nitrogen and oxygen atoms in total. The summed E-state index contributed by atoms with van der Waals surface area (Å²) >= 11 is 0. The van der Waals surface area contributed by atoms with Crippen molar-refractivity contribution in [2.45, 2.75) is 53.4 Å². The molecule has 0 unspecified atom stereocenters. The first kappa shape index (κ1) is 14.7. The first-order chi connectivity index (χ1) is 8.77. The minimum absolute atomic E-state index is 0.819. The molecule has 0 saturated heterocycles. The van der Waals surface area contributed by atoms with Gasteiger partial charge in [0.15, 0.2) is 0 Å². The van der Waals surface area contributed by atoms with Crippen molar-refractivity contribution in [3.63, 3.8) is 0 Å². The molecule has 1 fully saturated rings. The van der Waals surface area contributed by atoms with Crippen LogP contribution in [0.5, 0.6) is 0 Å². The van der Waals surface area contributed by atoms with Gasteiger partial charge in [-0.3, -0.25) is 4.98 Å². The Morgan fingerprint density at radius 3 is 2.28 bits per heavy atom. The van der Waals surface area contributed by atoms with Crippen LogP contribution in [0.15, 0.2) is 18.6 Å². The third kappa shape index (κ3) is 2.74. The number of rotatable bonds is 1. The molecule has 2 heteroatoms. The lowest BCUT2D eigenvalue weighted by Gasteiger charge is -1.99. The maximum Gasteiger partial charge on any atom is 0.0669 e. The van der Waals surface area contributed by atoms with Crippen LogP contribution in [-0.2, 0) is 7.05 Å². The van der Waals surface area contributed by atoms with Crippen LogP contribution in [0.4, 0.5) is 0 Å². The number of pyridine rings is 1. The van der Waals surface area contributed by atoms with Gasteiger partial charge in [-0.2, -0.15) is 0 Å². The summed E-state index contributed by atoms with van der Waals surface area (Å²) in [5.74, 6) is 0.819. The minimum atomic E-state index is 0.819. The maximum absolute atomic E-state index is 4.25. The van der Waals surface area contributed by atoms with Gasteiger partial charge >= 0.3 is 0 Å². The predicted octanol–water partition coefficient (Wildman–Crippen LogP) is 4.81. The van der Waals surface area contributed by atoms with Gasteiger partial charge in [-0.15, -0.1) is 0 Å². The SMILES string of the molecule is CC.CC.Cc1cncc2c1c(C1CC1)cn2C. The van der Waals surface area contributed by atoms with Gasteiger partial charge in [0.25, 0.3) is 0 Å². The molecule has 2 heterocycles. The first-order valence-corrected chi connectivity index (χ1v) is 7.17. The van der Waals surface area contributed by atoms with E-state index in [-0.39, 0.29) is 0 Å². The van der Waals surface area contributed by atoms with Gasteiger partial charge in [0.2, 0.25) is 0 Å². The van der Waals surface area contributed by atoms with Crippen molar-refractivity contribution in [3.05, 3.63) is 29.7 Å². The molecule has 0 spiro atoms. The lowest BCUT2D eigenvalue weighted by atomic mass is 10.1. The maximum atomic E-state index is 4.25. The summed E-state index contributed by atoms with van der Waals surface area (Å²) < 4.78 is 2.20. The zero-order valence-electron chi connectivity index (χ0n) is 12.6. The Labute approximate surface area is 111 Å². The molecule has 0 atom stereocenters. The Morgan fingerprint density at radius 2 is 1.72 bits per heavy atom. The number of fused-ring (bicyclic) bond motifs is 1. The highest BCUT2D eigenvalue weighted by Crippen LogP contribution is 2.44. The van der Waals surface area contributed by atoms with Crippen LogP contribution in [0.25, 0.3) is 10.9 Å². The molecule has 1 aliphatic carbocycles. The van der Waals surface area contributed by atoms with Crippen LogP contribution in [-0.4, -0.2) is 9.55 Å². The highest BCUT2D eigenvalue weighted by Gasteiger charge is 2.27. The van der Waals surface area contributed by atoms with Crippen LogP contribution < -0.4 is 0 Å². The molecule has 0 bridgehead atoms. The quantitative estimate of drug-likeness (QED) is 0.706. The predicted molar refractivity (Wildman–Crippen MR) is 80.1 cm³/mol. The van der Waals surface area contributed by atoms with E-state index in [1.165, 1.54) is 34.9 Å². The Balaban J connectivity index is 0.000000371. The fraction of sp³-hybridized carbons (Fsp3) is 0.562. The summed E-state index contributed by atoms with van der Waals surface area (Å²) in [5.41, 5.74) is 4.11. The molecule has 2 aromatic heterocycles. The van der Waals surface area contributed by atoms with Gasteiger partial charge in [-0.25, -0.2) is 0 Å². The zero-order chi connectivity index (χ0) is 13.7. The van der Waals surface area contributed by atoms with Crippen molar-refractivity contribution >= 4 is 10.9 Å². The van der Waals surface area contributed by atoms with Gasteiger partial charge in [-0.05, 0) is 36.8 Å². The van der Waals surface area contributed by atoms with Crippen LogP contribution in [0, 0.1) is 6.92 Å². The molecule has 1 aliphatic rings. The third-order valence-electron chi connectivity index (χ3n) is 3.13. The molecular weight excluding hydrogens is 220 g/mol. The van der Waals surface area contributed by atoms with Gasteiger partial charge in [0.1, 0.15) is 0 Å². The van der Waals surface area contributed by atoms with Gasteiger partial charge in [-0.1, -0.05) is 27.7 Å². The summed E-state index contributed by atoms with van der Waals surface area (Å²) in [4.78, 5) is 4.25. The average Bonchev–Trinajstić information content (AvgIpc) is 3.20. The lowest BCUT2D eigenvalue weighted by Crippen LogP contribution is -1.85. The van der Waals surface area contributed by atoms with E-state index in [4.69, 9.17) is 0 Å². The Morgan fingerprint density at radius 1 is 1.11 bits per heavy atom. The number of aromatic nitrogens is 2. The highest BCUT2D eigenvalue weighted by atomic mass is 14.9. The smallest absolute Gasteiger partial charge is 0.0669 e. The molecule has 0 N–H and O–H groups in total. The topological polar surface area (TPSA) is 17.8 Å². The normalized spacial score (nSPS) is 13.4. The molecule has 1 saturated carbocycles. The van der Waals surface area contributed by atoms with Crippen molar-refractivity contribution in [2.24, 2.45) is 7.05 Å². The van der Waals surface area contributed by atoms with Crippen LogP contribution >= 0.6 is 0 Å².